The Labute approximate surface area is 132 Å². The molecule has 0 aliphatic heterocycles. The van der Waals surface area contributed by atoms with E-state index in [9.17, 15) is 4.79 Å². The van der Waals surface area contributed by atoms with Crippen LogP contribution < -0.4 is 10.1 Å². The molecule has 0 aliphatic rings. The van der Waals surface area contributed by atoms with Crippen LogP contribution in [0, 0.1) is 0 Å². The van der Waals surface area contributed by atoms with Gasteiger partial charge < -0.3 is 15.0 Å². The number of anilines is 1. The first-order chi connectivity index (χ1) is 10.6. The zero-order chi connectivity index (χ0) is 16.4. The van der Waals surface area contributed by atoms with Crippen LogP contribution in [-0.2, 0) is 4.79 Å². The van der Waals surface area contributed by atoms with Gasteiger partial charge in [-0.15, -0.1) is 13.2 Å². The van der Waals surface area contributed by atoms with E-state index >= 15 is 0 Å². The fourth-order valence-electron chi connectivity index (χ4n) is 1.81. The van der Waals surface area contributed by atoms with Crippen molar-refractivity contribution in [3.63, 3.8) is 0 Å². The monoisotopic (exact) mass is 300 g/mol. The Morgan fingerprint density at radius 1 is 1.27 bits per heavy atom. The summed E-state index contributed by atoms with van der Waals surface area (Å²) in [5.41, 5.74) is 1.73. The Bertz CT molecular complexity index is 528. The van der Waals surface area contributed by atoms with Crippen molar-refractivity contribution < 1.29 is 9.53 Å². The summed E-state index contributed by atoms with van der Waals surface area (Å²) in [6.45, 7) is 14.7. The summed E-state index contributed by atoms with van der Waals surface area (Å²) in [5.74, 6) is 0.687. The summed E-state index contributed by atoms with van der Waals surface area (Å²) >= 11 is 0. The molecule has 4 heteroatoms. The third-order valence-corrected chi connectivity index (χ3v) is 2.84. The van der Waals surface area contributed by atoms with E-state index in [0.717, 1.165) is 11.3 Å². The van der Waals surface area contributed by atoms with Crippen molar-refractivity contribution in [3.05, 3.63) is 61.7 Å². The van der Waals surface area contributed by atoms with Gasteiger partial charge >= 0.3 is 0 Å². The van der Waals surface area contributed by atoms with Gasteiger partial charge in [-0.2, -0.15) is 0 Å². The number of para-hydroxylation sites is 2. The van der Waals surface area contributed by atoms with Crippen molar-refractivity contribution in [1.82, 2.24) is 4.90 Å². The third kappa shape index (κ3) is 5.87. The number of hydrogen-bond acceptors (Lipinski definition) is 3. The molecule has 0 fully saturated rings. The van der Waals surface area contributed by atoms with Crippen LogP contribution in [0.1, 0.15) is 6.92 Å². The van der Waals surface area contributed by atoms with E-state index in [-0.39, 0.29) is 12.5 Å². The summed E-state index contributed by atoms with van der Waals surface area (Å²) in [4.78, 5) is 13.9. The van der Waals surface area contributed by atoms with Crippen molar-refractivity contribution in [2.75, 3.05) is 31.6 Å². The molecule has 0 unspecified atom stereocenters. The molecule has 1 rings (SSSR count). The number of benzene rings is 1. The van der Waals surface area contributed by atoms with Crippen LogP contribution in [0.3, 0.4) is 0 Å². The van der Waals surface area contributed by atoms with Crippen molar-refractivity contribution in [2.45, 2.75) is 6.92 Å². The number of amides is 1. The van der Waals surface area contributed by atoms with Gasteiger partial charge in [-0.25, -0.2) is 0 Å². The molecule has 0 aliphatic carbocycles. The predicted octanol–water partition coefficient (Wildman–Crippen LogP) is 3.25. The topological polar surface area (TPSA) is 41.6 Å². The Hall–Kier alpha value is -2.49. The minimum Gasteiger partial charge on any atom is -0.487 e. The fraction of sp³-hybridized carbons (Fsp3) is 0.278. The first kappa shape index (κ1) is 17.6. The van der Waals surface area contributed by atoms with Gasteiger partial charge in [0.15, 0.2) is 0 Å². The van der Waals surface area contributed by atoms with Crippen LogP contribution in [-0.4, -0.2) is 37.0 Å². The second-order valence-corrected chi connectivity index (χ2v) is 4.97. The van der Waals surface area contributed by atoms with Crippen LogP contribution in [0.15, 0.2) is 61.7 Å². The van der Waals surface area contributed by atoms with E-state index in [1.807, 2.05) is 31.2 Å². The van der Waals surface area contributed by atoms with Crippen molar-refractivity contribution >= 4 is 11.6 Å². The van der Waals surface area contributed by atoms with Gasteiger partial charge in [-0.05, 0) is 24.6 Å². The van der Waals surface area contributed by atoms with E-state index in [1.54, 1.807) is 17.1 Å². The molecule has 0 heterocycles. The molecule has 1 aromatic carbocycles. The number of nitrogens with one attached hydrogen (secondary N) is 1. The van der Waals surface area contributed by atoms with Crippen LogP contribution in [0.5, 0.6) is 5.75 Å². The Kier molecular flexibility index (Phi) is 7.54. The van der Waals surface area contributed by atoms with E-state index in [1.165, 1.54) is 0 Å². The SMILES string of the molecule is C=CCN(CC=C)C(=O)CNc1ccccc1OCC(=C)C. The lowest BCUT2D eigenvalue weighted by atomic mass is 10.3. The smallest absolute Gasteiger partial charge is 0.242 e. The zero-order valence-corrected chi connectivity index (χ0v) is 13.2. The highest BCUT2D eigenvalue weighted by molar-refractivity contribution is 5.81. The molecule has 0 spiro atoms. The Balaban J connectivity index is 2.66. The standard InChI is InChI=1S/C18H24N2O2/c1-5-11-20(12-6-2)18(21)13-19-16-9-7-8-10-17(16)22-14-15(3)4/h5-10,19H,1-3,11-14H2,4H3. The molecule has 22 heavy (non-hydrogen) atoms. The maximum Gasteiger partial charge on any atom is 0.242 e. The first-order valence-corrected chi connectivity index (χ1v) is 7.18. The number of ether oxygens (including phenoxy) is 1. The Morgan fingerprint density at radius 2 is 1.91 bits per heavy atom. The zero-order valence-electron chi connectivity index (χ0n) is 13.2. The summed E-state index contributed by atoms with van der Waals surface area (Å²) < 4.78 is 5.67. The minimum atomic E-state index is -0.0190. The van der Waals surface area contributed by atoms with Gasteiger partial charge in [0.1, 0.15) is 12.4 Å². The molecule has 4 nitrogen and oxygen atoms in total. The van der Waals surface area contributed by atoms with Gasteiger partial charge in [0, 0.05) is 13.1 Å². The van der Waals surface area contributed by atoms with E-state index in [4.69, 9.17) is 4.74 Å². The quantitative estimate of drug-likeness (QED) is 0.674. The van der Waals surface area contributed by atoms with E-state index in [0.29, 0.717) is 25.4 Å². The molecule has 0 saturated heterocycles. The molecule has 0 atom stereocenters. The van der Waals surface area contributed by atoms with Crippen LogP contribution >= 0.6 is 0 Å². The normalized spacial score (nSPS) is 9.68. The number of carbonyl (C=O) groups is 1. The van der Waals surface area contributed by atoms with Crippen LogP contribution in [0.4, 0.5) is 5.69 Å². The summed E-state index contributed by atoms with van der Waals surface area (Å²) in [6, 6.07) is 7.53. The summed E-state index contributed by atoms with van der Waals surface area (Å²) in [6.07, 6.45) is 3.40. The highest BCUT2D eigenvalue weighted by Crippen LogP contribution is 2.23. The number of rotatable bonds is 10. The summed E-state index contributed by atoms with van der Waals surface area (Å²) in [5, 5.41) is 3.12. The minimum absolute atomic E-state index is 0.0190. The third-order valence-electron chi connectivity index (χ3n) is 2.84. The lowest BCUT2D eigenvalue weighted by Crippen LogP contribution is -2.35. The number of hydrogen-bond donors (Lipinski definition) is 1. The average molecular weight is 300 g/mol. The Morgan fingerprint density at radius 3 is 2.50 bits per heavy atom. The van der Waals surface area contributed by atoms with E-state index in [2.05, 4.69) is 25.1 Å². The lowest BCUT2D eigenvalue weighted by Gasteiger charge is -2.20. The molecule has 118 valence electrons. The fourth-order valence-corrected chi connectivity index (χ4v) is 1.81. The highest BCUT2D eigenvalue weighted by atomic mass is 16.5. The molecule has 1 aromatic rings. The maximum absolute atomic E-state index is 12.2. The molecule has 0 aromatic heterocycles. The summed E-state index contributed by atoms with van der Waals surface area (Å²) in [7, 11) is 0. The lowest BCUT2D eigenvalue weighted by molar-refractivity contribution is -0.128. The predicted molar refractivity (Wildman–Crippen MR) is 92.2 cm³/mol. The number of carbonyl (C=O) groups excluding carboxylic acids is 1. The molecular weight excluding hydrogens is 276 g/mol. The molecule has 1 N–H and O–H groups in total. The largest absolute Gasteiger partial charge is 0.487 e. The number of nitrogens with zero attached hydrogens (tertiary/aromatic N) is 1. The van der Waals surface area contributed by atoms with Crippen molar-refractivity contribution in [2.24, 2.45) is 0 Å². The highest BCUT2D eigenvalue weighted by Gasteiger charge is 2.11. The van der Waals surface area contributed by atoms with Crippen LogP contribution in [0.2, 0.25) is 0 Å². The maximum atomic E-state index is 12.2. The second kappa shape index (κ2) is 9.45. The van der Waals surface area contributed by atoms with E-state index < -0.39 is 0 Å². The van der Waals surface area contributed by atoms with Crippen LogP contribution in [0.25, 0.3) is 0 Å². The molecule has 1 amide bonds. The van der Waals surface area contributed by atoms with Gasteiger partial charge in [0.25, 0.3) is 0 Å². The van der Waals surface area contributed by atoms with Gasteiger partial charge in [0.2, 0.25) is 5.91 Å². The average Bonchev–Trinajstić information content (AvgIpc) is 2.51. The van der Waals surface area contributed by atoms with Gasteiger partial charge in [-0.1, -0.05) is 30.9 Å². The van der Waals surface area contributed by atoms with Gasteiger partial charge in [-0.3, -0.25) is 4.79 Å². The molecular formula is C18H24N2O2. The molecule has 0 bridgehead atoms. The second-order valence-electron chi connectivity index (χ2n) is 4.97. The van der Waals surface area contributed by atoms with Crippen molar-refractivity contribution in [3.8, 4) is 5.75 Å². The van der Waals surface area contributed by atoms with Gasteiger partial charge in [0.05, 0.1) is 12.2 Å². The van der Waals surface area contributed by atoms with Crippen molar-refractivity contribution in [1.29, 1.82) is 0 Å². The molecule has 0 radical (unpaired) electrons. The first-order valence-electron chi connectivity index (χ1n) is 7.18. The molecule has 0 saturated carbocycles.